The van der Waals surface area contributed by atoms with Gasteiger partial charge in [0.2, 0.25) is 0 Å². The van der Waals surface area contributed by atoms with E-state index in [0.717, 1.165) is 36.6 Å². The molecule has 0 radical (unpaired) electrons. The highest BCUT2D eigenvalue weighted by Gasteiger charge is 2.47. The van der Waals surface area contributed by atoms with Gasteiger partial charge in [-0.15, -0.1) is 0 Å². The van der Waals surface area contributed by atoms with Crippen LogP contribution in [0.25, 0.3) is 0 Å². The summed E-state index contributed by atoms with van der Waals surface area (Å²) in [5, 5.41) is 13.2. The highest BCUT2D eigenvalue weighted by Crippen LogP contribution is 2.38. The van der Waals surface area contributed by atoms with E-state index in [0.29, 0.717) is 0 Å². The van der Waals surface area contributed by atoms with Crippen LogP contribution in [-0.4, -0.2) is 39.4 Å². The molecule has 0 amide bonds. The Labute approximate surface area is 117 Å². The number of aromatic nitrogens is 2. The van der Waals surface area contributed by atoms with E-state index in [4.69, 9.17) is 0 Å². The van der Waals surface area contributed by atoms with Crippen LogP contribution < -0.4 is 5.32 Å². The van der Waals surface area contributed by atoms with Crippen molar-refractivity contribution in [2.45, 2.75) is 36.4 Å². The van der Waals surface area contributed by atoms with Gasteiger partial charge in [-0.3, -0.25) is 4.79 Å². The Kier molecular flexibility index (Phi) is 4.76. The Bertz CT molecular complexity index is 429. The van der Waals surface area contributed by atoms with Crippen molar-refractivity contribution in [3.8, 4) is 0 Å². The average Bonchev–Trinajstić information content (AvgIpc) is 2.84. The van der Waals surface area contributed by atoms with E-state index in [9.17, 15) is 9.90 Å². The average molecular weight is 281 g/mol. The standard InChI is InChI=1S/C13H19N3O2S/c1-14-13(11(17)18)6-2-4-10(13)5-9-19-12-15-7-3-8-16-12/h3,7-8,10,14H,2,4-6,9H2,1H3,(H,17,18). The maximum absolute atomic E-state index is 11.5. The SMILES string of the molecule is CNC1(C(=O)O)CCCC1CCSc1ncccn1. The molecule has 19 heavy (non-hydrogen) atoms. The maximum atomic E-state index is 11.5. The third-order valence-corrected chi connectivity index (χ3v) is 4.80. The Morgan fingerprint density at radius 3 is 2.95 bits per heavy atom. The molecule has 1 aromatic rings. The van der Waals surface area contributed by atoms with Gasteiger partial charge < -0.3 is 10.4 Å². The lowest BCUT2D eigenvalue weighted by atomic mass is 9.85. The molecule has 2 N–H and O–H groups in total. The number of hydrogen-bond acceptors (Lipinski definition) is 5. The van der Waals surface area contributed by atoms with Crippen molar-refractivity contribution < 1.29 is 9.90 Å². The fourth-order valence-corrected chi connectivity index (χ4v) is 3.69. The molecule has 104 valence electrons. The molecular formula is C13H19N3O2S. The van der Waals surface area contributed by atoms with E-state index in [1.165, 1.54) is 0 Å². The molecule has 2 atom stereocenters. The zero-order chi connectivity index (χ0) is 13.7. The number of thioether (sulfide) groups is 1. The van der Waals surface area contributed by atoms with E-state index in [1.54, 1.807) is 37.3 Å². The van der Waals surface area contributed by atoms with Crippen molar-refractivity contribution in [2.24, 2.45) is 5.92 Å². The van der Waals surface area contributed by atoms with Gasteiger partial charge in [0.05, 0.1) is 0 Å². The van der Waals surface area contributed by atoms with Crippen LogP contribution in [0, 0.1) is 5.92 Å². The predicted molar refractivity (Wildman–Crippen MR) is 74.1 cm³/mol. The molecule has 2 unspecified atom stereocenters. The summed E-state index contributed by atoms with van der Waals surface area (Å²) >= 11 is 1.59. The fraction of sp³-hybridized carbons (Fsp3) is 0.615. The third kappa shape index (κ3) is 3.06. The van der Waals surface area contributed by atoms with E-state index in [-0.39, 0.29) is 5.92 Å². The third-order valence-electron chi connectivity index (χ3n) is 3.89. The summed E-state index contributed by atoms with van der Waals surface area (Å²) in [5.74, 6) is 0.315. The molecule has 0 bridgehead atoms. The first kappa shape index (κ1) is 14.3. The predicted octanol–water partition coefficient (Wildman–Crippen LogP) is 1.80. The Balaban J connectivity index is 1.90. The Hall–Kier alpha value is -1.14. The molecule has 1 aliphatic carbocycles. The number of rotatable bonds is 6. The molecule has 0 aliphatic heterocycles. The van der Waals surface area contributed by atoms with Gasteiger partial charge in [0.1, 0.15) is 5.54 Å². The van der Waals surface area contributed by atoms with Crippen molar-refractivity contribution in [3.63, 3.8) is 0 Å². The first-order valence-electron chi connectivity index (χ1n) is 6.51. The number of carboxylic acid groups (broad SMARTS) is 1. The lowest BCUT2D eigenvalue weighted by Gasteiger charge is -2.30. The molecule has 1 heterocycles. The van der Waals surface area contributed by atoms with E-state index >= 15 is 0 Å². The monoisotopic (exact) mass is 281 g/mol. The number of aliphatic carboxylic acids is 1. The molecule has 1 saturated carbocycles. The van der Waals surface area contributed by atoms with Gasteiger partial charge in [0, 0.05) is 18.1 Å². The molecule has 2 rings (SSSR count). The Morgan fingerprint density at radius 1 is 1.58 bits per heavy atom. The highest BCUT2D eigenvalue weighted by atomic mass is 32.2. The number of likely N-dealkylation sites (N-methyl/N-ethyl adjacent to an activating group) is 1. The summed E-state index contributed by atoms with van der Waals surface area (Å²) in [7, 11) is 1.75. The van der Waals surface area contributed by atoms with Gasteiger partial charge in [0.15, 0.2) is 5.16 Å². The molecule has 1 fully saturated rings. The van der Waals surface area contributed by atoms with E-state index in [1.807, 2.05) is 0 Å². The van der Waals surface area contributed by atoms with Crippen molar-refractivity contribution in [1.82, 2.24) is 15.3 Å². The summed E-state index contributed by atoms with van der Waals surface area (Å²) in [6.07, 6.45) is 6.99. The van der Waals surface area contributed by atoms with Crippen molar-refractivity contribution in [1.29, 1.82) is 0 Å². The number of nitrogens with one attached hydrogen (secondary N) is 1. The molecule has 0 saturated heterocycles. The lowest BCUT2D eigenvalue weighted by Crippen LogP contribution is -2.53. The van der Waals surface area contributed by atoms with Crippen LogP contribution in [0.3, 0.4) is 0 Å². The zero-order valence-electron chi connectivity index (χ0n) is 11.0. The number of hydrogen-bond donors (Lipinski definition) is 2. The summed E-state index contributed by atoms with van der Waals surface area (Å²) in [5.41, 5.74) is -0.738. The van der Waals surface area contributed by atoms with Gasteiger partial charge in [0.25, 0.3) is 0 Å². The zero-order valence-corrected chi connectivity index (χ0v) is 11.8. The van der Waals surface area contributed by atoms with Crippen LogP contribution in [0.1, 0.15) is 25.7 Å². The summed E-state index contributed by atoms with van der Waals surface area (Å²) in [4.78, 5) is 19.8. The van der Waals surface area contributed by atoms with Crippen LogP contribution in [0.2, 0.25) is 0 Å². The van der Waals surface area contributed by atoms with Crippen LogP contribution in [-0.2, 0) is 4.79 Å². The molecule has 0 spiro atoms. The van der Waals surface area contributed by atoms with Crippen LogP contribution in [0.4, 0.5) is 0 Å². The van der Waals surface area contributed by atoms with Gasteiger partial charge in [-0.1, -0.05) is 18.2 Å². The van der Waals surface area contributed by atoms with Gasteiger partial charge in [-0.2, -0.15) is 0 Å². The lowest BCUT2D eigenvalue weighted by molar-refractivity contribution is -0.146. The maximum Gasteiger partial charge on any atom is 0.324 e. The number of nitrogens with zero attached hydrogens (tertiary/aromatic N) is 2. The summed E-state index contributed by atoms with van der Waals surface area (Å²) in [6.45, 7) is 0. The minimum absolute atomic E-state index is 0.186. The second kappa shape index (κ2) is 6.34. The van der Waals surface area contributed by atoms with E-state index in [2.05, 4.69) is 15.3 Å². The molecule has 6 heteroatoms. The van der Waals surface area contributed by atoms with Crippen LogP contribution >= 0.6 is 11.8 Å². The second-order valence-electron chi connectivity index (χ2n) is 4.78. The normalized spacial score (nSPS) is 26.5. The van der Waals surface area contributed by atoms with Crippen molar-refractivity contribution in [3.05, 3.63) is 18.5 Å². The molecule has 1 aromatic heterocycles. The molecule has 5 nitrogen and oxygen atoms in total. The first-order valence-corrected chi connectivity index (χ1v) is 7.50. The second-order valence-corrected chi connectivity index (χ2v) is 5.85. The molecular weight excluding hydrogens is 262 g/mol. The largest absolute Gasteiger partial charge is 0.480 e. The summed E-state index contributed by atoms with van der Waals surface area (Å²) in [6, 6.07) is 1.79. The van der Waals surface area contributed by atoms with Gasteiger partial charge in [-0.05, 0) is 38.3 Å². The first-order chi connectivity index (χ1) is 9.19. The summed E-state index contributed by atoms with van der Waals surface area (Å²) < 4.78 is 0. The van der Waals surface area contributed by atoms with Gasteiger partial charge in [-0.25, -0.2) is 9.97 Å². The highest BCUT2D eigenvalue weighted by molar-refractivity contribution is 7.99. The van der Waals surface area contributed by atoms with Crippen LogP contribution in [0.15, 0.2) is 23.6 Å². The minimum Gasteiger partial charge on any atom is -0.480 e. The van der Waals surface area contributed by atoms with Crippen molar-refractivity contribution >= 4 is 17.7 Å². The molecule has 1 aliphatic rings. The van der Waals surface area contributed by atoms with Crippen LogP contribution in [0.5, 0.6) is 0 Å². The Morgan fingerprint density at radius 2 is 2.32 bits per heavy atom. The quantitative estimate of drug-likeness (QED) is 0.612. The van der Waals surface area contributed by atoms with E-state index < -0.39 is 11.5 Å². The van der Waals surface area contributed by atoms with Crippen molar-refractivity contribution in [2.75, 3.05) is 12.8 Å². The topological polar surface area (TPSA) is 75.1 Å². The molecule has 0 aromatic carbocycles. The van der Waals surface area contributed by atoms with Gasteiger partial charge >= 0.3 is 5.97 Å². The number of carboxylic acids is 1. The number of carbonyl (C=O) groups is 1. The fourth-order valence-electron chi connectivity index (χ4n) is 2.84. The smallest absolute Gasteiger partial charge is 0.324 e. The minimum atomic E-state index is -0.738.